The van der Waals surface area contributed by atoms with Crippen LogP contribution in [0, 0.1) is 20.8 Å². The number of nitrogens with one attached hydrogen (secondary N) is 1. The summed E-state index contributed by atoms with van der Waals surface area (Å²) in [4.78, 5) is 32.4. The molecule has 0 bridgehead atoms. The van der Waals surface area contributed by atoms with Gasteiger partial charge >= 0.3 is 0 Å². The Labute approximate surface area is 193 Å². The number of para-hydroxylation sites is 1. The third kappa shape index (κ3) is 4.39. The molecule has 2 aromatic carbocycles. The number of thiophene rings is 1. The Hall–Kier alpha value is -2.61. The minimum absolute atomic E-state index is 0.111. The Kier molecular flexibility index (Phi) is 6.18. The van der Waals surface area contributed by atoms with E-state index in [9.17, 15) is 9.59 Å². The molecule has 1 N–H and O–H groups in total. The maximum atomic E-state index is 13.4. The number of amides is 1. The zero-order valence-electron chi connectivity index (χ0n) is 17.2. The summed E-state index contributed by atoms with van der Waals surface area (Å²) in [6, 6.07) is 14.8. The van der Waals surface area contributed by atoms with Crippen LogP contribution in [0.5, 0.6) is 0 Å². The monoisotopic (exact) mass is 469 g/mol. The predicted octanol–water partition coefficient (Wildman–Crippen LogP) is 5.76. The number of nitrogens with zero attached hydrogens (tertiary/aromatic N) is 2. The second-order valence-corrected chi connectivity index (χ2v) is 9.69. The van der Waals surface area contributed by atoms with E-state index in [1.54, 1.807) is 10.6 Å². The van der Waals surface area contributed by atoms with Crippen molar-refractivity contribution < 1.29 is 4.79 Å². The third-order valence-electron chi connectivity index (χ3n) is 4.97. The normalized spacial score (nSPS) is 11.1. The smallest absolute Gasteiger partial charge is 0.267 e. The molecule has 0 atom stereocenters. The molecule has 0 saturated heterocycles. The number of carbonyl (C=O) groups excluding carboxylic acids is 1. The number of thioether (sulfide) groups is 1. The van der Waals surface area contributed by atoms with Crippen LogP contribution in [0.15, 0.2) is 58.5 Å². The fourth-order valence-corrected chi connectivity index (χ4v) is 5.24. The summed E-state index contributed by atoms with van der Waals surface area (Å²) >= 11 is 8.88. The van der Waals surface area contributed by atoms with E-state index < -0.39 is 0 Å². The van der Waals surface area contributed by atoms with Crippen molar-refractivity contribution in [2.75, 3.05) is 11.1 Å². The summed E-state index contributed by atoms with van der Waals surface area (Å²) in [5, 5.41) is 4.57. The number of carbonyl (C=O) groups is 1. The molecule has 0 fully saturated rings. The van der Waals surface area contributed by atoms with Crippen molar-refractivity contribution in [2.45, 2.75) is 25.9 Å². The van der Waals surface area contributed by atoms with Crippen molar-refractivity contribution in [3.63, 3.8) is 0 Å². The molecule has 0 radical (unpaired) electrons. The Balaban J connectivity index is 1.67. The van der Waals surface area contributed by atoms with E-state index >= 15 is 0 Å². The number of aryl methyl sites for hydroxylation is 3. The SMILES string of the molecule is Cc1ccc(NC(=O)CSc2nc3sc(C)c(C)c3c(=O)n2-c2ccccc2)cc1Cl. The van der Waals surface area contributed by atoms with Crippen molar-refractivity contribution in [1.82, 2.24) is 9.55 Å². The Morgan fingerprint density at radius 2 is 1.90 bits per heavy atom. The fraction of sp³-hybridized carbons (Fsp3) is 0.174. The number of benzene rings is 2. The van der Waals surface area contributed by atoms with E-state index in [0.29, 0.717) is 26.1 Å². The number of hydrogen-bond acceptors (Lipinski definition) is 5. The van der Waals surface area contributed by atoms with Crippen molar-refractivity contribution in [2.24, 2.45) is 0 Å². The van der Waals surface area contributed by atoms with E-state index in [4.69, 9.17) is 16.6 Å². The summed E-state index contributed by atoms with van der Waals surface area (Å²) in [5.74, 6) is -0.0861. The van der Waals surface area contributed by atoms with Gasteiger partial charge in [-0.15, -0.1) is 11.3 Å². The first-order valence-electron chi connectivity index (χ1n) is 9.62. The minimum Gasteiger partial charge on any atom is -0.325 e. The highest BCUT2D eigenvalue weighted by molar-refractivity contribution is 7.99. The molecule has 0 saturated carbocycles. The molecule has 0 spiro atoms. The van der Waals surface area contributed by atoms with Crippen molar-refractivity contribution in [1.29, 1.82) is 0 Å². The van der Waals surface area contributed by atoms with Crippen LogP contribution in [-0.4, -0.2) is 21.2 Å². The van der Waals surface area contributed by atoms with Gasteiger partial charge in [-0.25, -0.2) is 4.98 Å². The summed E-state index contributed by atoms with van der Waals surface area (Å²) in [7, 11) is 0. The number of anilines is 1. The van der Waals surface area contributed by atoms with Gasteiger partial charge in [0.2, 0.25) is 5.91 Å². The first-order valence-corrected chi connectivity index (χ1v) is 11.8. The molecule has 2 heterocycles. The molecular formula is C23H20ClN3O2S2. The van der Waals surface area contributed by atoms with Crippen LogP contribution < -0.4 is 10.9 Å². The van der Waals surface area contributed by atoms with E-state index in [0.717, 1.165) is 21.7 Å². The summed E-state index contributed by atoms with van der Waals surface area (Å²) in [5.41, 5.74) is 3.13. The van der Waals surface area contributed by atoms with Crippen LogP contribution in [0.2, 0.25) is 5.02 Å². The number of aromatic nitrogens is 2. The number of fused-ring (bicyclic) bond motifs is 1. The first-order chi connectivity index (χ1) is 14.8. The Morgan fingerprint density at radius 1 is 1.16 bits per heavy atom. The second kappa shape index (κ2) is 8.86. The van der Waals surface area contributed by atoms with Gasteiger partial charge in [-0.05, 0) is 56.2 Å². The topological polar surface area (TPSA) is 64.0 Å². The van der Waals surface area contributed by atoms with Crippen LogP contribution >= 0.6 is 34.7 Å². The average Bonchev–Trinajstić information content (AvgIpc) is 3.03. The molecule has 1 amide bonds. The van der Waals surface area contributed by atoms with Gasteiger partial charge in [0.25, 0.3) is 5.56 Å². The molecule has 158 valence electrons. The van der Waals surface area contributed by atoms with Gasteiger partial charge in [0, 0.05) is 15.6 Å². The lowest BCUT2D eigenvalue weighted by atomic mass is 10.2. The number of hydrogen-bond donors (Lipinski definition) is 1. The average molecular weight is 470 g/mol. The second-order valence-electron chi connectivity index (χ2n) is 7.13. The molecule has 0 aliphatic carbocycles. The van der Waals surface area contributed by atoms with Crippen molar-refractivity contribution in [3.8, 4) is 5.69 Å². The van der Waals surface area contributed by atoms with Gasteiger partial charge in [-0.2, -0.15) is 0 Å². The largest absolute Gasteiger partial charge is 0.325 e. The molecule has 0 aliphatic rings. The van der Waals surface area contributed by atoms with Crippen LogP contribution in [0.4, 0.5) is 5.69 Å². The van der Waals surface area contributed by atoms with Gasteiger partial charge in [-0.1, -0.05) is 47.6 Å². The lowest BCUT2D eigenvalue weighted by Crippen LogP contribution is -2.22. The highest BCUT2D eigenvalue weighted by Crippen LogP contribution is 2.29. The van der Waals surface area contributed by atoms with Gasteiger partial charge in [-0.3, -0.25) is 14.2 Å². The summed E-state index contributed by atoms with van der Waals surface area (Å²) in [6.07, 6.45) is 0. The Morgan fingerprint density at radius 3 is 2.61 bits per heavy atom. The van der Waals surface area contributed by atoms with Crippen LogP contribution in [0.25, 0.3) is 15.9 Å². The molecule has 0 aliphatic heterocycles. The Bertz CT molecular complexity index is 1350. The van der Waals surface area contributed by atoms with Gasteiger partial charge in [0.1, 0.15) is 4.83 Å². The highest BCUT2D eigenvalue weighted by atomic mass is 35.5. The third-order valence-corrected chi connectivity index (χ3v) is 7.42. The van der Waals surface area contributed by atoms with Crippen molar-refractivity contribution in [3.05, 3.63) is 79.9 Å². The molecule has 5 nitrogen and oxygen atoms in total. The van der Waals surface area contributed by atoms with E-state index in [1.165, 1.54) is 23.1 Å². The molecule has 4 aromatic rings. The fourth-order valence-electron chi connectivity index (χ4n) is 3.17. The maximum Gasteiger partial charge on any atom is 0.267 e. The van der Waals surface area contributed by atoms with Gasteiger partial charge < -0.3 is 5.32 Å². The first kappa shape index (κ1) is 21.6. The molecule has 2 aromatic heterocycles. The van der Waals surface area contributed by atoms with E-state index in [-0.39, 0.29) is 17.2 Å². The lowest BCUT2D eigenvalue weighted by Gasteiger charge is -2.12. The molecule has 31 heavy (non-hydrogen) atoms. The number of rotatable bonds is 5. The molecular weight excluding hydrogens is 450 g/mol. The standard InChI is InChI=1S/C23H20ClN3O2S2/c1-13-9-10-16(11-18(13)24)25-19(28)12-30-23-26-21-20(14(2)15(3)31-21)22(29)27(23)17-7-5-4-6-8-17/h4-11H,12H2,1-3H3,(H,25,28). The van der Waals surface area contributed by atoms with E-state index in [2.05, 4.69) is 5.32 Å². The number of halogens is 1. The maximum absolute atomic E-state index is 13.4. The van der Waals surface area contributed by atoms with Crippen molar-refractivity contribution >= 4 is 56.5 Å². The highest BCUT2D eigenvalue weighted by Gasteiger charge is 2.18. The minimum atomic E-state index is -0.197. The lowest BCUT2D eigenvalue weighted by molar-refractivity contribution is -0.113. The van der Waals surface area contributed by atoms with Gasteiger partial charge in [0.05, 0.1) is 16.8 Å². The van der Waals surface area contributed by atoms with Crippen LogP contribution in [-0.2, 0) is 4.79 Å². The van der Waals surface area contributed by atoms with Gasteiger partial charge in [0.15, 0.2) is 5.16 Å². The zero-order chi connectivity index (χ0) is 22.1. The molecule has 4 rings (SSSR count). The molecule has 0 unspecified atom stereocenters. The van der Waals surface area contributed by atoms with Crippen LogP contribution in [0.3, 0.4) is 0 Å². The van der Waals surface area contributed by atoms with E-state index in [1.807, 2.05) is 63.2 Å². The van der Waals surface area contributed by atoms with Crippen LogP contribution in [0.1, 0.15) is 16.0 Å². The summed E-state index contributed by atoms with van der Waals surface area (Å²) in [6.45, 7) is 5.84. The predicted molar refractivity (Wildman–Crippen MR) is 130 cm³/mol. The summed E-state index contributed by atoms with van der Waals surface area (Å²) < 4.78 is 1.59. The zero-order valence-corrected chi connectivity index (χ0v) is 19.6. The quantitative estimate of drug-likeness (QED) is 0.298. The molecule has 8 heteroatoms.